The number of unbranched alkanes of at least 4 members (excludes halogenated alkanes) is 6. The van der Waals surface area contributed by atoms with E-state index in [0.29, 0.717) is 13.2 Å². The number of hydrogen-bond acceptors (Lipinski definition) is 3. The summed E-state index contributed by atoms with van der Waals surface area (Å²) in [5.74, 6) is 0. The number of ether oxygens (including phenoxy) is 3. The summed E-state index contributed by atoms with van der Waals surface area (Å²) in [7, 11) is 0. The van der Waals surface area contributed by atoms with Crippen LogP contribution in [0.2, 0.25) is 0 Å². The Kier molecular flexibility index (Phi) is 15.8. The molecule has 0 bridgehead atoms. The molecule has 0 aliphatic carbocycles. The third-order valence-electron chi connectivity index (χ3n) is 3.05. The molecule has 0 aromatic carbocycles. The molecular formula is C16H34O3. The first-order valence-corrected chi connectivity index (χ1v) is 8.16. The molecule has 0 radical (unpaired) electrons. The highest BCUT2D eigenvalue weighted by atomic mass is 16.7. The summed E-state index contributed by atoms with van der Waals surface area (Å²) in [6.07, 6.45) is 9.69. The molecule has 116 valence electrons. The molecule has 3 heteroatoms. The van der Waals surface area contributed by atoms with Crippen LogP contribution in [0.25, 0.3) is 0 Å². The lowest BCUT2D eigenvalue weighted by Crippen LogP contribution is -2.24. The van der Waals surface area contributed by atoms with Crippen molar-refractivity contribution in [2.24, 2.45) is 0 Å². The lowest BCUT2D eigenvalue weighted by Gasteiger charge is -2.18. The second-order valence-electron chi connectivity index (χ2n) is 4.95. The third kappa shape index (κ3) is 14.1. The smallest absolute Gasteiger partial charge is 0.180 e. The van der Waals surface area contributed by atoms with Crippen LogP contribution in [0.1, 0.15) is 72.1 Å². The van der Waals surface area contributed by atoms with E-state index in [4.69, 9.17) is 14.2 Å². The highest BCUT2D eigenvalue weighted by Crippen LogP contribution is 2.04. The van der Waals surface area contributed by atoms with Crippen molar-refractivity contribution in [3.8, 4) is 0 Å². The van der Waals surface area contributed by atoms with E-state index in [-0.39, 0.29) is 6.29 Å². The minimum atomic E-state index is -0.183. The Hall–Kier alpha value is -0.120. The van der Waals surface area contributed by atoms with Crippen molar-refractivity contribution in [3.63, 3.8) is 0 Å². The highest BCUT2D eigenvalue weighted by Gasteiger charge is 2.08. The van der Waals surface area contributed by atoms with Gasteiger partial charge in [-0.2, -0.15) is 0 Å². The summed E-state index contributed by atoms with van der Waals surface area (Å²) in [6, 6.07) is 0. The van der Waals surface area contributed by atoms with Crippen LogP contribution in [0, 0.1) is 0 Å². The molecule has 0 rings (SSSR count). The molecule has 0 saturated carbocycles. The molecule has 0 heterocycles. The van der Waals surface area contributed by atoms with Crippen molar-refractivity contribution >= 4 is 0 Å². The maximum Gasteiger partial charge on any atom is 0.180 e. The number of hydrogen-bond donors (Lipinski definition) is 0. The van der Waals surface area contributed by atoms with E-state index >= 15 is 0 Å². The summed E-state index contributed by atoms with van der Waals surface area (Å²) in [5, 5.41) is 0. The van der Waals surface area contributed by atoms with E-state index in [1.807, 2.05) is 6.92 Å². The average Bonchev–Trinajstić information content (AvgIpc) is 2.42. The van der Waals surface area contributed by atoms with Gasteiger partial charge in [0.15, 0.2) is 6.29 Å². The zero-order valence-electron chi connectivity index (χ0n) is 13.3. The zero-order chi connectivity index (χ0) is 14.2. The normalized spacial score (nSPS) is 12.8. The molecule has 0 amide bonds. The quantitative estimate of drug-likeness (QED) is 0.324. The molecule has 0 fully saturated rings. The van der Waals surface area contributed by atoms with Crippen molar-refractivity contribution in [3.05, 3.63) is 0 Å². The van der Waals surface area contributed by atoms with E-state index in [1.165, 1.54) is 38.5 Å². The largest absolute Gasteiger partial charge is 0.376 e. The summed E-state index contributed by atoms with van der Waals surface area (Å²) in [6.45, 7) is 9.28. The molecule has 1 unspecified atom stereocenters. The Labute approximate surface area is 120 Å². The standard InChI is InChI=1S/C16H34O3/c1-4-7-9-11-13-17-15-16(18-6-3)19-14-12-10-8-5-2/h16H,4-15H2,1-3H3. The fourth-order valence-corrected chi connectivity index (χ4v) is 1.88. The molecular weight excluding hydrogens is 240 g/mol. The van der Waals surface area contributed by atoms with Crippen LogP contribution in [-0.4, -0.2) is 32.7 Å². The summed E-state index contributed by atoms with van der Waals surface area (Å²) >= 11 is 0. The predicted molar refractivity (Wildman–Crippen MR) is 80.5 cm³/mol. The molecule has 0 saturated heterocycles. The minimum absolute atomic E-state index is 0.183. The SMILES string of the molecule is CCCCCCOCC(OCC)OCCCCCC. The average molecular weight is 274 g/mol. The molecule has 0 aromatic heterocycles. The van der Waals surface area contributed by atoms with Crippen LogP contribution >= 0.6 is 0 Å². The Balaban J connectivity index is 3.45. The Morgan fingerprint density at radius 2 is 1.32 bits per heavy atom. The minimum Gasteiger partial charge on any atom is -0.376 e. The Morgan fingerprint density at radius 3 is 1.89 bits per heavy atom. The van der Waals surface area contributed by atoms with Crippen molar-refractivity contribution in [2.75, 3.05) is 26.4 Å². The fraction of sp³-hybridized carbons (Fsp3) is 1.00. The van der Waals surface area contributed by atoms with Crippen molar-refractivity contribution in [2.45, 2.75) is 78.4 Å². The molecule has 0 spiro atoms. The monoisotopic (exact) mass is 274 g/mol. The Bertz CT molecular complexity index is 162. The van der Waals surface area contributed by atoms with Gasteiger partial charge in [0.1, 0.15) is 0 Å². The molecule has 19 heavy (non-hydrogen) atoms. The van der Waals surface area contributed by atoms with Gasteiger partial charge in [-0.25, -0.2) is 0 Å². The Morgan fingerprint density at radius 1 is 0.684 bits per heavy atom. The van der Waals surface area contributed by atoms with Crippen LogP contribution in [0.15, 0.2) is 0 Å². The van der Waals surface area contributed by atoms with Crippen molar-refractivity contribution in [1.82, 2.24) is 0 Å². The van der Waals surface area contributed by atoms with Crippen LogP contribution in [-0.2, 0) is 14.2 Å². The van der Waals surface area contributed by atoms with Gasteiger partial charge in [0.2, 0.25) is 0 Å². The van der Waals surface area contributed by atoms with Gasteiger partial charge in [-0.05, 0) is 19.8 Å². The van der Waals surface area contributed by atoms with Crippen molar-refractivity contribution in [1.29, 1.82) is 0 Å². The van der Waals surface area contributed by atoms with Crippen molar-refractivity contribution < 1.29 is 14.2 Å². The maximum absolute atomic E-state index is 5.71. The van der Waals surface area contributed by atoms with E-state index in [1.54, 1.807) is 0 Å². The van der Waals surface area contributed by atoms with E-state index in [2.05, 4.69) is 13.8 Å². The molecule has 0 N–H and O–H groups in total. The summed E-state index contributed by atoms with van der Waals surface area (Å²) in [5.41, 5.74) is 0. The van der Waals surface area contributed by atoms with Gasteiger partial charge in [-0.15, -0.1) is 0 Å². The lowest BCUT2D eigenvalue weighted by atomic mass is 10.2. The van der Waals surface area contributed by atoms with Crippen LogP contribution in [0.5, 0.6) is 0 Å². The first-order valence-electron chi connectivity index (χ1n) is 8.16. The first kappa shape index (κ1) is 18.9. The maximum atomic E-state index is 5.71. The fourth-order valence-electron chi connectivity index (χ4n) is 1.88. The van der Waals surface area contributed by atoms with Gasteiger partial charge in [0.05, 0.1) is 6.61 Å². The van der Waals surface area contributed by atoms with Gasteiger partial charge >= 0.3 is 0 Å². The molecule has 0 aromatic rings. The van der Waals surface area contributed by atoms with E-state index in [0.717, 1.165) is 26.1 Å². The van der Waals surface area contributed by atoms with Crippen LogP contribution in [0.4, 0.5) is 0 Å². The van der Waals surface area contributed by atoms with Gasteiger partial charge in [0, 0.05) is 19.8 Å². The second kappa shape index (κ2) is 15.9. The van der Waals surface area contributed by atoms with Crippen LogP contribution < -0.4 is 0 Å². The van der Waals surface area contributed by atoms with Gasteiger partial charge in [-0.3, -0.25) is 0 Å². The zero-order valence-corrected chi connectivity index (χ0v) is 13.3. The molecule has 3 nitrogen and oxygen atoms in total. The third-order valence-corrected chi connectivity index (χ3v) is 3.05. The predicted octanol–water partition coefficient (Wildman–Crippen LogP) is 4.54. The summed E-state index contributed by atoms with van der Waals surface area (Å²) in [4.78, 5) is 0. The highest BCUT2D eigenvalue weighted by molar-refractivity contribution is 4.46. The van der Waals surface area contributed by atoms with Gasteiger partial charge in [0.25, 0.3) is 0 Å². The van der Waals surface area contributed by atoms with Gasteiger partial charge in [-0.1, -0.05) is 52.4 Å². The van der Waals surface area contributed by atoms with E-state index in [9.17, 15) is 0 Å². The molecule has 1 atom stereocenters. The molecule has 0 aliphatic heterocycles. The van der Waals surface area contributed by atoms with Gasteiger partial charge < -0.3 is 14.2 Å². The van der Waals surface area contributed by atoms with E-state index < -0.39 is 0 Å². The molecule has 0 aliphatic rings. The first-order chi connectivity index (χ1) is 9.35. The number of rotatable bonds is 15. The topological polar surface area (TPSA) is 27.7 Å². The second-order valence-corrected chi connectivity index (χ2v) is 4.95. The van der Waals surface area contributed by atoms with Crippen LogP contribution in [0.3, 0.4) is 0 Å². The lowest BCUT2D eigenvalue weighted by molar-refractivity contribution is -0.170. The summed E-state index contributed by atoms with van der Waals surface area (Å²) < 4.78 is 16.9.